The lowest BCUT2D eigenvalue weighted by Crippen LogP contribution is -2.53. The fourth-order valence-electron chi connectivity index (χ4n) is 8.78. The Morgan fingerprint density at radius 3 is 2.08 bits per heavy atom. The fourth-order valence-corrected chi connectivity index (χ4v) is 8.78. The Bertz CT molecular complexity index is 3070. The molecule has 1 aromatic heterocycles. The molecule has 0 spiro atoms. The van der Waals surface area contributed by atoms with E-state index in [1.165, 1.54) is 6.20 Å². The number of hydrogen-bond acceptors (Lipinski definition) is 9. The number of benzene rings is 3. The van der Waals surface area contributed by atoms with Gasteiger partial charge in [0.1, 0.15) is 29.4 Å². The van der Waals surface area contributed by atoms with E-state index in [1.54, 1.807) is 22.8 Å². The number of ether oxygens (including phenoxy) is 3. The number of amides is 4. The first-order valence-electron chi connectivity index (χ1n) is 28.1. The number of imidazole rings is 1. The van der Waals surface area contributed by atoms with Crippen LogP contribution in [0.2, 0.25) is 0 Å². The van der Waals surface area contributed by atoms with Gasteiger partial charge in [-0.25, -0.2) is 14.6 Å². The summed E-state index contributed by atoms with van der Waals surface area (Å²) in [5.74, 6) is -9.10. The van der Waals surface area contributed by atoms with E-state index < -0.39 is 92.7 Å². The van der Waals surface area contributed by atoms with Gasteiger partial charge in [-0.05, 0) is 90.6 Å². The number of carbonyl (C=O) groups excluding carboxylic acids is 4. The topological polar surface area (TPSA) is 168 Å². The van der Waals surface area contributed by atoms with Crippen LogP contribution in [-0.4, -0.2) is 94.9 Å². The van der Waals surface area contributed by atoms with Crippen LogP contribution in [0.25, 0.3) is 22.4 Å². The van der Waals surface area contributed by atoms with Gasteiger partial charge in [0, 0.05) is 66.5 Å². The molecule has 0 bridgehead atoms. The summed E-state index contributed by atoms with van der Waals surface area (Å²) in [7, 11) is 1.77. The standard InChI is InChI=1S/C48H57N7O7/c1-26(2)41(52-46(58)60-7)44(56)54-19-9-11-37(54)35-23-31-21-28(14-17-34(31)50-35)29-13-16-32-40(24-29)62-39-18-15-30(22-33(39)48(32,5)6)36-25-49-43(51-36)38-12-10-20-55(38)45(57)42(27(3)4)53-47(59)61-8/h13-18,21-22,24-27,37-38,41-42H,9-12,19-20,23H2,1-8H3,(H,49,51)(H,52,58)(H,53,59)/t37-,38-,41-,42-/m0/s1/i1D3,2D3,3D3,4D3,26D,27D,41D,42D. The molecule has 4 amide bonds. The highest BCUT2D eigenvalue weighted by Gasteiger charge is 2.40. The highest BCUT2D eigenvalue weighted by molar-refractivity contribution is 6.01. The average Bonchev–Trinajstić information content (AvgIpc) is 4.29. The van der Waals surface area contributed by atoms with E-state index in [9.17, 15) is 19.2 Å². The number of rotatable bonds is 10. The summed E-state index contributed by atoms with van der Waals surface area (Å²) in [6.45, 7) is -11.0. The van der Waals surface area contributed by atoms with Crippen LogP contribution in [0.1, 0.15) is 117 Å². The molecule has 14 nitrogen and oxygen atoms in total. The first kappa shape index (κ1) is 27.0. The summed E-state index contributed by atoms with van der Waals surface area (Å²) in [6.07, 6.45) is 0.130. The molecule has 3 aromatic carbocycles. The summed E-state index contributed by atoms with van der Waals surface area (Å²) >= 11 is 0. The molecule has 62 heavy (non-hydrogen) atoms. The Kier molecular flexibility index (Phi) is 7.38. The van der Waals surface area contributed by atoms with Gasteiger partial charge in [-0.15, -0.1) is 0 Å². The SMILES string of the molecule is [2H]C([2H])([2H])C([2H])(C([2H])([2H])[2H])[C@]([2H])(NC(=O)OC)C(=O)N1CCC[C@H]1C1=Nc2ccc(-c3ccc4c(c3)Oc3ccc(-c5cnc([C@@H]6CCCN6C(=O)[C@@]([2H])(NC(=O)OC)C([2H])(C([2H])([2H])[2H])C([2H])([2H])[2H])[nH]5)cc3C4(C)C)cc2C1. The second kappa shape index (κ2) is 16.9. The molecule has 4 aromatic rings. The molecule has 3 N–H and O–H groups in total. The van der Waals surface area contributed by atoms with Crippen molar-refractivity contribution in [1.29, 1.82) is 0 Å². The largest absolute Gasteiger partial charge is 0.457 e. The molecule has 2 saturated heterocycles. The van der Waals surface area contributed by atoms with Crippen LogP contribution < -0.4 is 15.4 Å². The van der Waals surface area contributed by atoms with Crippen molar-refractivity contribution in [3.8, 4) is 33.9 Å². The third-order valence-corrected chi connectivity index (χ3v) is 12.0. The van der Waals surface area contributed by atoms with Gasteiger partial charge in [-0.1, -0.05) is 59.5 Å². The van der Waals surface area contributed by atoms with Crippen molar-refractivity contribution in [2.75, 3.05) is 27.3 Å². The Balaban J connectivity index is 1.01. The van der Waals surface area contributed by atoms with E-state index >= 15 is 0 Å². The minimum atomic E-state index is -3.83. The smallest absolute Gasteiger partial charge is 0.407 e. The molecule has 0 saturated carbocycles. The van der Waals surface area contributed by atoms with Crippen LogP contribution in [0, 0.1) is 11.8 Å². The second-order valence-corrected chi connectivity index (χ2v) is 16.0. The quantitative estimate of drug-likeness (QED) is 0.143. The molecule has 326 valence electrons. The van der Waals surface area contributed by atoms with Crippen LogP contribution in [-0.2, 0) is 30.9 Å². The molecule has 4 atom stereocenters. The highest BCUT2D eigenvalue weighted by Crippen LogP contribution is 2.50. The van der Waals surface area contributed by atoms with Crippen LogP contribution in [0.3, 0.4) is 0 Å². The number of H-pyrrole nitrogens is 1. The van der Waals surface area contributed by atoms with E-state index in [0.29, 0.717) is 53.4 Å². The summed E-state index contributed by atoms with van der Waals surface area (Å²) < 4.78 is 147. The molecular weight excluding hydrogens is 787 g/mol. The molecule has 0 radical (unpaired) electrons. The molecule has 8 rings (SSSR count). The van der Waals surface area contributed by atoms with Crippen LogP contribution in [0.5, 0.6) is 11.5 Å². The number of aromatic nitrogens is 2. The van der Waals surface area contributed by atoms with Gasteiger partial charge in [-0.2, -0.15) is 0 Å². The third kappa shape index (κ3) is 7.91. The number of carbonyl (C=O) groups is 4. The molecule has 14 heteroatoms. The predicted molar refractivity (Wildman–Crippen MR) is 236 cm³/mol. The first-order chi connectivity index (χ1) is 36.0. The van der Waals surface area contributed by atoms with Crippen molar-refractivity contribution < 1.29 is 55.3 Å². The summed E-state index contributed by atoms with van der Waals surface area (Å²) in [5.41, 5.74) is 5.71. The monoisotopic (exact) mass is 860 g/mol. The normalized spacial score (nSPS) is 25.5. The lowest BCUT2D eigenvalue weighted by Gasteiger charge is -2.35. The van der Waals surface area contributed by atoms with Crippen molar-refractivity contribution in [2.24, 2.45) is 16.8 Å². The number of alkyl carbamates (subject to hydrolysis) is 2. The van der Waals surface area contributed by atoms with Gasteiger partial charge in [0.05, 0.1) is 46.6 Å². The Morgan fingerprint density at radius 2 is 1.42 bits per heavy atom. The number of nitrogens with zero attached hydrogens (tertiary/aromatic N) is 4. The zero-order valence-electron chi connectivity index (χ0n) is 50.5. The van der Waals surface area contributed by atoms with Crippen molar-refractivity contribution in [2.45, 2.75) is 103 Å². The first-order valence-corrected chi connectivity index (χ1v) is 20.1. The minimum Gasteiger partial charge on any atom is -0.457 e. The minimum absolute atomic E-state index is 0.0329. The van der Waals surface area contributed by atoms with E-state index in [1.807, 2.05) is 56.3 Å². The van der Waals surface area contributed by atoms with Gasteiger partial charge in [0.25, 0.3) is 0 Å². The zero-order valence-corrected chi connectivity index (χ0v) is 34.5. The lowest BCUT2D eigenvalue weighted by atomic mass is 9.75. The van der Waals surface area contributed by atoms with Gasteiger partial charge in [0.2, 0.25) is 11.8 Å². The average molecular weight is 860 g/mol. The number of hydrogen-bond donors (Lipinski definition) is 3. The number of aromatic amines is 1. The number of fused-ring (bicyclic) bond motifs is 3. The fraction of sp³-hybridized carbons (Fsp3) is 0.458. The van der Waals surface area contributed by atoms with E-state index in [-0.39, 0.29) is 31.8 Å². The third-order valence-electron chi connectivity index (χ3n) is 12.0. The van der Waals surface area contributed by atoms with Crippen molar-refractivity contribution >= 4 is 35.4 Å². The predicted octanol–water partition coefficient (Wildman–Crippen LogP) is 8.22. The Morgan fingerprint density at radius 1 is 0.806 bits per heavy atom. The lowest BCUT2D eigenvalue weighted by molar-refractivity contribution is -0.135. The summed E-state index contributed by atoms with van der Waals surface area (Å²) in [6, 6.07) is 8.12. The maximum atomic E-state index is 14.4. The zero-order chi connectivity index (χ0) is 57.7. The van der Waals surface area contributed by atoms with E-state index in [4.69, 9.17) is 31.7 Å². The molecular formula is C48H57N7O7. The van der Waals surface area contributed by atoms with Gasteiger partial charge in [-0.3, -0.25) is 14.6 Å². The molecule has 0 unspecified atom stereocenters. The molecule has 4 aliphatic heterocycles. The van der Waals surface area contributed by atoms with Crippen molar-refractivity contribution in [1.82, 2.24) is 30.4 Å². The number of nitrogens with one attached hydrogen (secondary N) is 3. The highest BCUT2D eigenvalue weighted by atomic mass is 16.5. The Hall–Kier alpha value is -6.18. The van der Waals surface area contributed by atoms with Gasteiger partial charge in [0.15, 0.2) is 0 Å². The summed E-state index contributed by atoms with van der Waals surface area (Å²) in [5, 5.41) is 3.58. The van der Waals surface area contributed by atoms with Gasteiger partial charge >= 0.3 is 12.2 Å². The number of methoxy groups -OCH3 is 2. The molecule has 4 aliphatic rings. The summed E-state index contributed by atoms with van der Waals surface area (Å²) in [4.78, 5) is 68.5. The van der Waals surface area contributed by atoms with Crippen LogP contribution >= 0.6 is 0 Å². The van der Waals surface area contributed by atoms with E-state index in [0.717, 1.165) is 51.8 Å². The van der Waals surface area contributed by atoms with Crippen molar-refractivity contribution in [3.05, 3.63) is 83.3 Å². The molecule has 5 heterocycles. The van der Waals surface area contributed by atoms with Gasteiger partial charge < -0.3 is 39.6 Å². The number of aliphatic imine (C=N–C) groups is 1. The van der Waals surface area contributed by atoms with Crippen LogP contribution in [0.15, 0.2) is 65.8 Å². The Labute approximate surface area is 385 Å². The molecule has 0 aliphatic carbocycles. The maximum absolute atomic E-state index is 14.4. The molecule has 2 fully saturated rings. The van der Waals surface area contributed by atoms with Crippen LogP contribution in [0.4, 0.5) is 15.3 Å². The van der Waals surface area contributed by atoms with Crippen molar-refractivity contribution in [3.63, 3.8) is 0 Å². The van der Waals surface area contributed by atoms with E-state index in [2.05, 4.69) is 19.4 Å². The second-order valence-electron chi connectivity index (χ2n) is 16.0. The number of likely N-dealkylation sites (tertiary alicyclic amines) is 2. The maximum Gasteiger partial charge on any atom is 0.407 e.